The van der Waals surface area contributed by atoms with Crippen LogP contribution in [0.5, 0.6) is 0 Å². The summed E-state index contributed by atoms with van der Waals surface area (Å²) >= 11 is 7.13. The third-order valence-electron chi connectivity index (χ3n) is 3.61. The van der Waals surface area contributed by atoms with Crippen LogP contribution < -0.4 is 0 Å². The van der Waals surface area contributed by atoms with Crippen molar-refractivity contribution in [3.63, 3.8) is 0 Å². The Labute approximate surface area is 145 Å². The maximum Gasteiger partial charge on any atom is 0.373 e. The lowest BCUT2D eigenvalue weighted by atomic mass is 10.1. The van der Waals surface area contributed by atoms with Gasteiger partial charge in [-0.05, 0) is 41.8 Å². The molecule has 5 nitrogen and oxygen atoms in total. The van der Waals surface area contributed by atoms with Crippen LogP contribution in [0, 0.1) is 0 Å². The van der Waals surface area contributed by atoms with Gasteiger partial charge in [-0.2, -0.15) is 0 Å². The molecule has 0 atom stereocenters. The van der Waals surface area contributed by atoms with Crippen molar-refractivity contribution in [3.8, 4) is 0 Å². The van der Waals surface area contributed by atoms with Crippen molar-refractivity contribution in [2.45, 2.75) is 0 Å². The smallest absolute Gasteiger partial charge is 0.323 e. The van der Waals surface area contributed by atoms with E-state index in [0.717, 1.165) is 10.1 Å². The molecule has 7 heteroatoms. The van der Waals surface area contributed by atoms with Crippen LogP contribution in [0.3, 0.4) is 0 Å². The van der Waals surface area contributed by atoms with Gasteiger partial charge in [-0.15, -0.1) is 11.3 Å². The summed E-state index contributed by atoms with van der Waals surface area (Å²) in [6.07, 6.45) is 0. The van der Waals surface area contributed by atoms with Gasteiger partial charge in [-0.3, -0.25) is 9.59 Å². The number of fused-ring (bicyclic) bond motifs is 2. The van der Waals surface area contributed by atoms with Crippen molar-refractivity contribution < 1.29 is 19.2 Å². The molecule has 1 aromatic heterocycles. The highest BCUT2D eigenvalue weighted by Crippen LogP contribution is 2.30. The van der Waals surface area contributed by atoms with Crippen molar-refractivity contribution in [1.29, 1.82) is 0 Å². The summed E-state index contributed by atoms with van der Waals surface area (Å²) in [6.45, 7) is 0. The van der Waals surface area contributed by atoms with E-state index in [0.29, 0.717) is 10.1 Å². The van der Waals surface area contributed by atoms with Crippen LogP contribution >= 0.6 is 22.9 Å². The molecule has 0 N–H and O–H groups in total. The summed E-state index contributed by atoms with van der Waals surface area (Å²) in [4.78, 5) is 42.0. The first-order chi connectivity index (χ1) is 11.5. The topological polar surface area (TPSA) is 63.7 Å². The van der Waals surface area contributed by atoms with Crippen LogP contribution in [-0.2, 0) is 4.84 Å². The number of imide groups is 1. The zero-order valence-corrected chi connectivity index (χ0v) is 13.6. The molecule has 1 aliphatic rings. The highest BCUT2D eigenvalue weighted by atomic mass is 35.5. The summed E-state index contributed by atoms with van der Waals surface area (Å²) in [6, 6.07) is 13.2. The molecular formula is C17H8ClNO4S. The monoisotopic (exact) mass is 357 g/mol. The predicted molar refractivity (Wildman–Crippen MR) is 89.2 cm³/mol. The van der Waals surface area contributed by atoms with Crippen molar-refractivity contribution in [1.82, 2.24) is 5.06 Å². The molecule has 0 unspecified atom stereocenters. The van der Waals surface area contributed by atoms with Crippen molar-refractivity contribution >= 4 is 50.8 Å². The van der Waals surface area contributed by atoms with Crippen molar-refractivity contribution in [3.05, 3.63) is 69.6 Å². The molecule has 2 aromatic carbocycles. The molecule has 4 rings (SSSR count). The van der Waals surface area contributed by atoms with E-state index < -0.39 is 17.8 Å². The number of hydrogen-bond donors (Lipinski definition) is 0. The molecule has 118 valence electrons. The second-order valence-electron chi connectivity index (χ2n) is 5.12. The Hall–Kier alpha value is -2.70. The summed E-state index contributed by atoms with van der Waals surface area (Å²) in [5.41, 5.74) is 0.442. The van der Waals surface area contributed by atoms with E-state index in [1.54, 1.807) is 36.4 Å². The van der Waals surface area contributed by atoms with Crippen LogP contribution in [0.2, 0.25) is 5.02 Å². The third kappa shape index (κ3) is 2.28. The third-order valence-corrected chi connectivity index (χ3v) is 4.94. The zero-order chi connectivity index (χ0) is 16.8. The molecule has 0 fully saturated rings. The minimum atomic E-state index is -0.762. The fraction of sp³-hybridized carbons (Fsp3) is 0. The van der Waals surface area contributed by atoms with Gasteiger partial charge in [0.15, 0.2) is 0 Å². The van der Waals surface area contributed by atoms with Gasteiger partial charge in [0.2, 0.25) is 0 Å². The zero-order valence-electron chi connectivity index (χ0n) is 12.0. The number of hydrogen-bond acceptors (Lipinski definition) is 5. The molecule has 1 aliphatic heterocycles. The minimum Gasteiger partial charge on any atom is -0.323 e. The van der Waals surface area contributed by atoms with Gasteiger partial charge in [-0.25, -0.2) is 4.79 Å². The molecule has 0 aliphatic carbocycles. The Morgan fingerprint density at radius 3 is 2.33 bits per heavy atom. The van der Waals surface area contributed by atoms with E-state index in [9.17, 15) is 14.4 Å². The van der Waals surface area contributed by atoms with Crippen LogP contribution in [0.25, 0.3) is 10.1 Å². The van der Waals surface area contributed by atoms with Crippen molar-refractivity contribution in [2.75, 3.05) is 0 Å². The van der Waals surface area contributed by atoms with Gasteiger partial charge < -0.3 is 4.84 Å². The van der Waals surface area contributed by atoms with Gasteiger partial charge >= 0.3 is 5.97 Å². The van der Waals surface area contributed by atoms with E-state index in [-0.39, 0.29) is 16.0 Å². The Morgan fingerprint density at radius 1 is 1.00 bits per heavy atom. The summed E-state index contributed by atoms with van der Waals surface area (Å²) in [5.74, 6) is -2.05. The first kappa shape index (κ1) is 14.9. The number of amides is 2. The van der Waals surface area contributed by atoms with Gasteiger partial charge in [0.1, 0.15) is 4.88 Å². The van der Waals surface area contributed by atoms with Crippen LogP contribution in [0.4, 0.5) is 0 Å². The molecule has 0 radical (unpaired) electrons. The van der Waals surface area contributed by atoms with Crippen LogP contribution in [-0.4, -0.2) is 22.8 Å². The summed E-state index contributed by atoms with van der Waals surface area (Å²) in [7, 11) is 0. The standard InChI is InChI=1S/C17H8ClNO4S/c18-10-5-6-13-9(7-10)8-14(24-13)17(22)23-19-15(20)11-3-1-2-4-12(11)16(19)21/h1-8H. The largest absolute Gasteiger partial charge is 0.373 e. The summed E-state index contributed by atoms with van der Waals surface area (Å²) in [5, 5.41) is 1.85. The van der Waals surface area contributed by atoms with E-state index in [1.807, 2.05) is 0 Å². The quantitative estimate of drug-likeness (QED) is 0.652. The first-order valence-corrected chi connectivity index (χ1v) is 8.13. The number of halogens is 1. The van der Waals surface area contributed by atoms with Gasteiger partial charge in [0.25, 0.3) is 11.8 Å². The van der Waals surface area contributed by atoms with Crippen LogP contribution in [0.15, 0.2) is 48.5 Å². The van der Waals surface area contributed by atoms with E-state index in [4.69, 9.17) is 16.4 Å². The number of carbonyl (C=O) groups excluding carboxylic acids is 3. The van der Waals surface area contributed by atoms with Crippen molar-refractivity contribution in [2.24, 2.45) is 0 Å². The lowest BCUT2D eigenvalue weighted by Crippen LogP contribution is -2.32. The number of nitrogens with zero attached hydrogens (tertiary/aromatic N) is 1. The van der Waals surface area contributed by atoms with Gasteiger partial charge in [0.05, 0.1) is 11.1 Å². The molecule has 24 heavy (non-hydrogen) atoms. The number of thiophene rings is 1. The Balaban J connectivity index is 1.62. The fourth-order valence-corrected chi connectivity index (χ4v) is 3.59. The summed E-state index contributed by atoms with van der Waals surface area (Å²) < 4.78 is 0.855. The lowest BCUT2D eigenvalue weighted by Gasteiger charge is -2.11. The SMILES string of the molecule is O=C(ON1C(=O)c2ccccc2C1=O)c1cc2cc(Cl)ccc2s1. The molecule has 2 amide bonds. The number of carbonyl (C=O) groups is 3. The maximum atomic E-state index is 12.3. The Morgan fingerprint density at radius 2 is 1.67 bits per heavy atom. The second-order valence-corrected chi connectivity index (χ2v) is 6.64. The van der Waals surface area contributed by atoms with Gasteiger partial charge in [0, 0.05) is 9.72 Å². The van der Waals surface area contributed by atoms with Gasteiger partial charge in [-0.1, -0.05) is 28.8 Å². The van der Waals surface area contributed by atoms with E-state index in [1.165, 1.54) is 23.5 Å². The second kappa shape index (κ2) is 5.43. The fourth-order valence-electron chi connectivity index (χ4n) is 2.49. The molecule has 0 saturated carbocycles. The highest BCUT2D eigenvalue weighted by molar-refractivity contribution is 7.20. The average molecular weight is 358 g/mol. The number of rotatable bonds is 2. The highest BCUT2D eigenvalue weighted by Gasteiger charge is 2.38. The molecule has 0 saturated heterocycles. The predicted octanol–water partition coefficient (Wildman–Crippen LogP) is 3.92. The van der Waals surface area contributed by atoms with E-state index in [2.05, 4.69) is 0 Å². The lowest BCUT2D eigenvalue weighted by molar-refractivity contribution is -0.0581. The minimum absolute atomic E-state index is 0.221. The number of benzene rings is 2. The maximum absolute atomic E-state index is 12.3. The first-order valence-electron chi connectivity index (χ1n) is 6.94. The Bertz CT molecular complexity index is 991. The molecule has 0 bridgehead atoms. The molecular weight excluding hydrogens is 350 g/mol. The van der Waals surface area contributed by atoms with Crippen LogP contribution in [0.1, 0.15) is 30.4 Å². The average Bonchev–Trinajstić information content (AvgIpc) is 3.10. The number of hydroxylamine groups is 2. The molecule has 0 spiro atoms. The molecule has 3 aromatic rings. The van der Waals surface area contributed by atoms with E-state index >= 15 is 0 Å². The normalized spacial score (nSPS) is 13.5. The Kier molecular flexibility index (Phi) is 3.37. The molecule has 2 heterocycles.